The van der Waals surface area contributed by atoms with Gasteiger partial charge in [0, 0.05) is 12.0 Å². The van der Waals surface area contributed by atoms with E-state index in [0.717, 1.165) is 4.90 Å². The van der Waals surface area contributed by atoms with Gasteiger partial charge in [-0.3, -0.25) is 14.4 Å². The topological polar surface area (TPSA) is 212 Å². The molecule has 0 saturated carbocycles. The summed E-state index contributed by atoms with van der Waals surface area (Å²) in [4.78, 5) is 48.9. The number of carboxylic acids is 2. The summed E-state index contributed by atoms with van der Waals surface area (Å²) in [6.07, 6.45) is 0.0811. The molecule has 0 bridgehead atoms. The van der Waals surface area contributed by atoms with Crippen LogP contribution in [-0.2, 0) is 19.2 Å². The highest BCUT2D eigenvalue weighted by molar-refractivity contribution is 6.45. The van der Waals surface area contributed by atoms with Crippen LogP contribution in [0.15, 0.2) is 47.6 Å². The molecular formula is C23H23ClN4O9. The van der Waals surface area contributed by atoms with Gasteiger partial charge in [0.25, 0.3) is 5.91 Å². The Bertz CT molecular complexity index is 1240. The van der Waals surface area contributed by atoms with E-state index in [1.165, 1.54) is 42.5 Å². The molecule has 13 nitrogen and oxygen atoms in total. The second kappa shape index (κ2) is 11.6. The van der Waals surface area contributed by atoms with Crippen molar-refractivity contribution in [3.8, 4) is 11.5 Å². The van der Waals surface area contributed by atoms with Crippen LogP contribution in [0.4, 0.5) is 0 Å². The van der Waals surface area contributed by atoms with E-state index in [0.29, 0.717) is 5.75 Å². The Balaban J connectivity index is 1.60. The van der Waals surface area contributed by atoms with Crippen molar-refractivity contribution in [3.05, 3.63) is 58.6 Å². The molecule has 0 unspecified atom stereocenters. The molecule has 1 aliphatic heterocycles. The number of phenols is 1. The highest BCUT2D eigenvalue weighted by Gasteiger charge is 2.45. The number of rotatable bonds is 11. The smallest absolute Gasteiger partial charge is 0.331 e. The van der Waals surface area contributed by atoms with Crippen molar-refractivity contribution in [2.24, 2.45) is 10.9 Å². The molecule has 196 valence electrons. The molecule has 2 aromatic carbocycles. The lowest BCUT2D eigenvalue weighted by Crippen LogP contribution is -2.66. The first-order chi connectivity index (χ1) is 17.5. The van der Waals surface area contributed by atoms with Gasteiger partial charge >= 0.3 is 11.9 Å². The molecule has 0 aromatic heterocycles. The summed E-state index contributed by atoms with van der Waals surface area (Å²) in [6, 6.07) is 6.04. The van der Waals surface area contributed by atoms with Crippen LogP contribution >= 0.6 is 11.6 Å². The zero-order valence-corrected chi connectivity index (χ0v) is 19.8. The number of hydrogen-bond acceptors (Lipinski definition) is 9. The monoisotopic (exact) mass is 534 g/mol. The number of nitrogens with one attached hydrogen (secondary N) is 1. The molecule has 0 aliphatic carbocycles. The SMILES string of the molecule is N[C@@H](CCOc1ccc(C(=NO)C(=O)N[C@@H]2CN([C@@H](C(=O)O)c3ccc(O)c(Cl)c3)C2=O)cc1)C(=O)O. The fourth-order valence-corrected chi connectivity index (χ4v) is 3.73. The summed E-state index contributed by atoms with van der Waals surface area (Å²) in [5.74, 6) is -3.91. The zero-order valence-electron chi connectivity index (χ0n) is 19.1. The highest BCUT2D eigenvalue weighted by Crippen LogP contribution is 2.32. The first kappa shape index (κ1) is 27.2. The minimum absolute atomic E-state index is 0.0439. The van der Waals surface area contributed by atoms with Gasteiger partial charge in [-0.2, -0.15) is 0 Å². The minimum atomic E-state index is -1.39. The van der Waals surface area contributed by atoms with E-state index in [1.54, 1.807) is 0 Å². The summed E-state index contributed by atoms with van der Waals surface area (Å²) in [5.41, 5.74) is 5.37. The number of carbonyl (C=O) groups excluding carboxylic acids is 2. The van der Waals surface area contributed by atoms with Crippen LogP contribution in [0.1, 0.15) is 23.6 Å². The largest absolute Gasteiger partial charge is 0.506 e. The number of aromatic hydroxyl groups is 1. The number of oxime groups is 1. The molecule has 2 amide bonds. The summed E-state index contributed by atoms with van der Waals surface area (Å²) < 4.78 is 5.40. The Kier molecular flexibility index (Phi) is 8.52. The number of phenolic OH excluding ortho intramolecular Hbond substituents is 1. The third-order valence-corrected chi connectivity index (χ3v) is 5.86. The van der Waals surface area contributed by atoms with Crippen molar-refractivity contribution < 1.29 is 44.4 Å². The molecule has 37 heavy (non-hydrogen) atoms. The number of halogens is 1. The Morgan fingerprint density at radius 1 is 1.16 bits per heavy atom. The van der Waals surface area contributed by atoms with Crippen molar-refractivity contribution in [2.45, 2.75) is 24.5 Å². The number of amides is 2. The van der Waals surface area contributed by atoms with Crippen LogP contribution in [0.3, 0.4) is 0 Å². The second-order valence-electron chi connectivity index (χ2n) is 8.02. The van der Waals surface area contributed by atoms with Gasteiger partial charge in [-0.25, -0.2) is 4.79 Å². The van der Waals surface area contributed by atoms with Gasteiger partial charge in [0.05, 0.1) is 18.2 Å². The highest BCUT2D eigenvalue weighted by atomic mass is 35.5. The fraction of sp³-hybridized carbons (Fsp3) is 0.261. The zero-order chi connectivity index (χ0) is 27.3. The summed E-state index contributed by atoms with van der Waals surface area (Å²) in [7, 11) is 0. The normalized spacial score (nSPS) is 16.9. The average Bonchev–Trinajstić information content (AvgIpc) is 2.86. The predicted octanol–water partition coefficient (Wildman–Crippen LogP) is 0.558. The summed E-state index contributed by atoms with van der Waals surface area (Å²) >= 11 is 5.86. The van der Waals surface area contributed by atoms with Crippen LogP contribution in [0, 0.1) is 0 Å². The third-order valence-electron chi connectivity index (χ3n) is 5.56. The molecular weight excluding hydrogens is 512 g/mol. The number of aliphatic carboxylic acids is 2. The number of carboxylic acid groups (broad SMARTS) is 2. The Morgan fingerprint density at radius 2 is 1.84 bits per heavy atom. The van der Waals surface area contributed by atoms with Gasteiger partial charge in [-0.05, 0) is 42.0 Å². The Hall–Kier alpha value is -4.36. The van der Waals surface area contributed by atoms with Crippen LogP contribution in [0.25, 0.3) is 0 Å². The number of carbonyl (C=O) groups is 4. The van der Waals surface area contributed by atoms with Crippen molar-refractivity contribution in [1.82, 2.24) is 10.2 Å². The number of likely N-dealkylation sites (tertiary alicyclic amines) is 1. The number of benzene rings is 2. The molecule has 7 N–H and O–H groups in total. The van der Waals surface area contributed by atoms with Crippen molar-refractivity contribution in [3.63, 3.8) is 0 Å². The molecule has 1 saturated heterocycles. The number of hydrogen-bond donors (Lipinski definition) is 6. The molecule has 0 radical (unpaired) electrons. The maximum Gasteiger partial charge on any atom is 0.331 e. The average molecular weight is 535 g/mol. The van der Waals surface area contributed by atoms with Crippen molar-refractivity contribution in [1.29, 1.82) is 0 Å². The van der Waals surface area contributed by atoms with Gasteiger partial charge in [-0.1, -0.05) is 22.8 Å². The molecule has 3 rings (SSSR count). The fourth-order valence-electron chi connectivity index (χ4n) is 3.54. The summed E-state index contributed by atoms with van der Waals surface area (Å²) in [6.45, 7) is -0.0910. The van der Waals surface area contributed by atoms with Crippen LogP contribution in [0.5, 0.6) is 11.5 Å². The molecule has 0 spiro atoms. The molecule has 14 heteroatoms. The first-order valence-corrected chi connectivity index (χ1v) is 11.2. The number of nitrogens with two attached hydrogens (primary N) is 1. The van der Waals surface area contributed by atoms with Gasteiger partial charge in [0.15, 0.2) is 11.8 Å². The molecule has 2 aromatic rings. The van der Waals surface area contributed by atoms with E-state index in [9.17, 15) is 34.6 Å². The third kappa shape index (κ3) is 6.26. The Morgan fingerprint density at radius 3 is 2.38 bits per heavy atom. The molecule has 1 fully saturated rings. The van der Waals surface area contributed by atoms with Crippen LogP contribution < -0.4 is 15.8 Å². The van der Waals surface area contributed by atoms with E-state index in [2.05, 4.69) is 10.5 Å². The number of nitrogens with zero attached hydrogens (tertiary/aromatic N) is 2. The standard InChI is InChI=1S/C23H23ClN4O9/c24-14-9-12(3-6-17(14)29)19(23(34)35)28-10-16(21(28)31)26-20(30)18(27-36)11-1-4-13(5-2-11)37-8-7-15(25)22(32)33/h1-6,9,15-16,19,29,36H,7-8,10,25H2,(H,26,30)(H,32,33)(H,34,35)/t15-,16+,19+/m0/s1. The lowest BCUT2D eigenvalue weighted by molar-refractivity contribution is -0.160. The van der Waals surface area contributed by atoms with Crippen LogP contribution in [-0.4, -0.2) is 80.1 Å². The lowest BCUT2D eigenvalue weighted by Gasteiger charge is -2.42. The first-order valence-electron chi connectivity index (χ1n) is 10.8. The van der Waals surface area contributed by atoms with E-state index < -0.39 is 47.6 Å². The van der Waals surface area contributed by atoms with E-state index >= 15 is 0 Å². The van der Waals surface area contributed by atoms with Gasteiger partial charge < -0.3 is 41.2 Å². The van der Waals surface area contributed by atoms with E-state index in [1.807, 2.05) is 0 Å². The maximum absolute atomic E-state index is 12.7. The lowest BCUT2D eigenvalue weighted by atomic mass is 9.97. The van der Waals surface area contributed by atoms with E-state index in [-0.39, 0.29) is 41.5 Å². The molecule has 3 atom stereocenters. The van der Waals surface area contributed by atoms with Gasteiger partial charge in [-0.15, -0.1) is 0 Å². The number of β-lactam (4-membered cyclic amide) rings is 1. The second-order valence-corrected chi connectivity index (χ2v) is 8.43. The summed E-state index contributed by atoms with van der Waals surface area (Å²) in [5, 5.41) is 42.7. The van der Waals surface area contributed by atoms with Gasteiger partial charge in [0.2, 0.25) is 5.91 Å². The Labute approximate surface area is 214 Å². The molecule has 1 aliphatic rings. The predicted molar refractivity (Wildman–Crippen MR) is 128 cm³/mol. The number of ether oxygens (including phenoxy) is 1. The maximum atomic E-state index is 12.7. The van der Waals surface area contributed by atoms with Crippen LogP contribution in [0.2, 0.25) is 5.02 Å². The van der Waals surface area contributed by atoms with E-state index in [4.69, 9.17) is 27.2 Å². The van der Waals surface area contributed by atoms with Crippen molar-refractivity contribution >= 4 is 41.1 Å². The quantitative estimate of drug-likeness (QED) is 0.102. The van der Waals surface area contributed by atoms with Gasteiger partial charge in [0.1, 0.15) is 23.6 Å². The molecule has 1 heterocycles. The van der Waals surface area contributed by atoms with Crippen molar-refractivity contribution in [2.75, 3.05) is 13.2 Å². The minimum Gasteiger partial charge on any atom is -0.506 e.